The number of benzene rings is 1. The summed E-state index contributed by atoms with van der Waals surface area (Å²) < 4.78 is 5.28. The second-order valence-corrected chi connectivity index (χ2v) is 7.01. The van der Waals surface area contributed by atoms with Crippen molar-refractivity contribution in [1.29, 1.82) is 0 Å². The summed E-state index contributed by atoms with van der Waals surface area (Å²) in [7, 11) is 1.54. The zero-order valence-electron chi connectivity index (χ0n) is 12.8. The topological polar surface area (TPSA) is 82.0 Å². The third kappa shape index (κ3) is 1.59. The number of aromatic hydroxyl groups is 1. The number of ether oxygens (including phenoxy) is 1. The highest BCUT2D eigenvalue weighted by molar-refractivity contribution is 5.58. The van der Waals surface area contributed by atoms with E-state index in [0.29, 0.717) is 37.9 Å². The van der Waals surface area contributed by atoms with Gasteiger partial charge in [0, 0.05) is 17.0 Å². The number of hydrogen-bond donors (Lipinski definition) is 4. The fourth-order valence-corrected chi connectivity index (χ4v) is 5.15. The second kappa shape index (κ2) is 4.60. The van der Waals surface area contributed by atoms with Crippen molar-refractivity contribution in [2.75, 3.05) is 13.7 Å². The molecule has 3 aliphatic rings. The summed E-state index contributed by atoms with van der Waals surface area (Å²) in [5.41, 5.74) is 0.341. The van der Waals surface area contributed by atoms with Crippen molar-refractivity contribution in [3.8, 4) is 11.5 Å². The van der Waals surface area contributed by atoms with Crippen LogP contribution in [0.3, 0.4) is 0 Å². The molecule has 2 fully saturated rings. The van der Waals surface area contributed by atoms with Gasteiger partial charge in [-0.3, -0.25) is 0 Å². The van der Waals surface area contributed by atoms with Crippen molar-refractivity contribution in [2.45, 2.75) is 55.3 Å². The summed E-state index contributed by atoms with van der Waals surface area (Å²) in [6, 6.07) is 3.74. The summed E-state index contributed by atoms with van der Waals surface area (Å²) in [4.78, 5) is 0. The third-order valence-electron chi connectivity index (χ3n) is 6.14. The van der Waals surface area contributed by atoms with Gasteiger partial charge < -0.3 is 25.4 Å². The molecule has 5 nitrogen and oxygen atoms in total. The predicted molar refractivity (Wildman–Crippen MR) is 81.3 cm³/mol. The highest BCUT2D eigenvalue weighted by Crippen LogP contribution is 2.59. The first-order chi connectivity index (χ1) is 10.5. The van der Waals surface area contributed by atoms with Gasteiger partial charge in [-0.1, -0.05) is 6.07 Å². The van der Waals surface area contributed by atoms with Crippen LogP contribution in [0.5, 0.6) is 11.5 Å². The average Bonchev–Trinajstić information content (AvgIpc) is 2.47. The molecule has 1 aromatic rings. The molecule has 2 bridgehead atoms. The number of rotatable bonds is 1. The summed E-state index contributed by atoms with van der Waals surface area (Å²) >= 11 is 0. The molecule has 0 radical (unpaired) electrons. The Labute approximate surface area is 129 Å². The van der Waals surface area contributed by atoms with Crippen molar-refractivity contribution in [3.05, 3.63) is 23.3 Å². The van der Waals surface area contributed by atoms with E-state index in [-0.39, 0.29) is 11.8 Å². The van der Waals surface area contributed by atoms with Crippen LogP contribution in [-0.4, -0.2) is 46.7 Å². The van der Waals surface area contributed by atoms with Gasteiger partial charge in [0.15, 0.2) is 11.5 Å². The molecule has 4 atom stereocenters. The van der Waals surface area contributed by atoms with Gasteiger partial charge in [-0.05, 0) is 50.3 Å². The van der Waals surface area contributed by atoms with Gasteiger partial charge in [0.2, 0.25) is 0 Å². The Kier molecular flexibility index (Phi) is 2.99. The Hall–Kier alpha value is -1.30. The molecule has 1 heterocycles. The average molecular weight is 305 g/mol. The molecule has 0 amide bonds. The summed E-state index contributed by atoms with van der Waals surface area (Å²) in [6.07, 6.45) is 2.63. The largest absolute Gasteiger partial charge is 0.504 e. The van der Waals surface area contributed by atoms with Gasteiger partial charge >= 0.3 is 0 Å². The number of hydrogen-bond acceptors (Lipinski definition) is 5. The molecule has 5 heteroatoms. The van der Waals surface area contributed by atoms with Gasteiger partial charge in [-0.25, -0.2) is 0 Å². The van der Waals surface area contributed by atoms with E-state index in [9.17, 15) is 15.3 Å². The number of aliphatic hydroxyl groups is 2. The lowest BCUT2D eigenvalue weighted by Gasteiger charge is -2.61. The molecule has 1 saturated carbocycles. The smallest absolute Gasteiger partial charge is 0.161 e. The zero-order valence-corrected chi connectivity index (χ0v) is 12.8. The lowest BCUT2D eigenvalue weighted by Crippen LogP contribution is -2.72. The number of aliphatic hydroxyl groups excluding tert-OH is 1. The number of phenols is 1. The fraction of sp³-hybridized carbons (Fsp3) is 0.647. The van der Waals surface area contributed by atoms with E-state index >= 15 is 0 Å². The van der Waals surface area contributed by atoms with Crippen LogP contribution in [0.4, 0.5) is 0 Å². The van der Waals surface area contributed by atoms with Crippen LogP contribution in [0, 0.1) is 0 Å². The Morgan fingerprint density at radius 3 is 2.91 bits per heavy atom. The minimum Gasteiger partial charge on any atom is -0.504 e. The molecule has 22 heavy (non-hydrogen) atoms. The van der Waals surface area contributed by atoms with Gasteiger partial charge in [0.25, 0.3) is 0 Å². The molecule has 1 aliphatic heterocycles. The molecule has 0 aromatic heterocycles. The van der Waals surface area contributed by atoms with Crippen LogP contribution in [0.1, 0.15) is 36.8 Å². The Bertz CT molecular complexity index is 619. The predicted octanol–water partition coefficient (Wildman–Crippen LogP) is 0.833. The van der Waals surface area contributed by atoms with E-state index < -0.39 is 17.1 Å². The van der Waals surface area contributed by atoms with Crippen molar-refractivity contribution in [3.63, 3.8) is 0 Å². The Morgan fingerprint density at radius 2 is 2.14 bits per heavy atom. The zero-order chi connectivity index (χ0) is 15.5. The van der Waals surface area contributed by atoms with E-state index in [0.717, 1.165) is 17.7 Å². The first-order valence-corrected chi connectivity index (χ1v) is 8.05. The normalized spacial score (nSPS) is 39.8. The molecule has 1 aromatic carbocycles. The summed E-state index contributed by atoms with van der Waals surface area (Å²) in [5, 5.41) is 35.9. The van der Waals surface area contributed by atoms with Gasteiger partial charge in [-0.15, -0.1) is 0 Å². The highest BCUT2D eigenvalue weighted by atomic mass is 16.5. The molecule has 4 rings (SSSR count). The molecule has 4 N–H and O–H groups in total. The standard InChI is InChI=1S/C17H23NO4/c1-22-12-3-2-10-8-13-17(21)5-4-11(19)9-16(17,6-7-18-13)14(10)15(12)20/h2-3,11,13,18-21H,4-9H2,1H3/t11-,13-,16+,17-/m1/s1. The molecule has 120 valence electrons. The number of piperidine rings is 1. The number of methoxy groups -OCH3 is 1. The van der Waals surface area contributed by atoms with Gasteiger partial charge in [0.1, 0.15) is 0 Å². The van der Waals surface area contributed by atoms with Crippen molar-refractivity contribution in [2.24, 2.45) is 0 Å². The van der Waals surface area contributed by atoms with Crippen molar-refractivity contribution in [1.82, 2.24) is 5.32 Å². The Balaban J connectivity index is 1.98. The molecule has 2 aliphatic carbocycles. The highest BCUT2D eigenvalue weighted by Gasteiger charge is 2.63. The monoisotopic (exact) mass is 305 g/mol. The fourth-order valence-electron chi connectivity index (χ4n) is 5.15. The summed E-state index contributed by atoms with van der Waals surface area (Å²) in [5.74, 6) is 0.570. The molecule has 0 unspecified atom stereocenters. The van der Waals surface area contributed by atoms with Crippen LogP contribution in [0.15, 0.2) is 12.1 Å². The molecular formula is C17H23NO4. The molecule has 1 saturated heterocycles. The number of nitrogens with one attached hydrogen (secondary N) is 1. The third-order valence-corrected chi connectivity index (χ3v) is 6.14. The Morgan fingerprint density at radius 1 is 1.32 bits per heavy atom. The lowest BCUT2D eigenvalue weighted by molar-refractivity contribution is -0.146. The maximum atomic E-state index is 11.5. The minimum atomic E-state index is -0.915. The van der Waals surface area contributed by atoms with E-state index in [2.05, 4.69) is 5.32 Å². The van der Waals surface area contributed by atoms with E-state index in [1.165, 1.54) is 7.11 Å². The van der Waals surface area contributed by atoms with Crippen LogP contribution in [0.25, 0.3) is 0 Å². The van der Waals surface area contributed by atoms with E-state index in [4.69, 9.17) is 4.74 Å². The molecule has 0 spiro atoms. The minimum absolute atomic E-state index is 0.0194. The van der Waals surface area contributed by atoms with Crippen LogP contribution in [-0.2, 0) is 11.8 Å². The van der Waals surface area contributed by atoms with Gasteiger partial charge in [-0.2, -0.15) is 0 Å². The van der Waals surface area contributed by atoms with E-state index in [1.807, 2.05) is 6.07 Å². The first-order valence-electron chi connectivity index (χ1n) is 8.05. The van der Waals surface area contributed by atoms with Crippen LogP contribution < -0.4 is 10.1 Å². The SMILES string of the molecule is COc1ccc2c(c1O)[C@@]13CCN[C@H](C2)[C@]1(O)CC[C@@H](O)C3. The van der Waals surface area contributed by atoms with Crippen LogP contribution >= 0.6 is 0 Å². The molecular weight excluding hydrogens is 282 g/mol. The van der Waals surface area contributed by atoms with Crippen LogP contribution in [0.2, 0.25) is 0 Å². The summed E-state index contributed by atoms with van der Waals surface area (Å²) in [6.45, 7) is 0.787. The quantitative estimate of drug-likeness (QED) is 0.618. The van der Waals surface area contributed by atoms with E-state index in [1.54, 1.807) is 6.07 Å². The lowest BCUT2D eigenvalue weighted by atomic mass is 9.49. The number of phenolic OH excluding ortho intramolecular Hbond substituents is 1. The maximum absolute atomic E-state index is 11.5. The van der Waals surface area contributed by atoms with Crippen molar-refractivity contribution >= 4 is 0 Å². The first kappa shape index (κ1) is 14.3. The number of fused-ring (bicyclic) bond motifs is 1. The van der Waals surface area contributed by atoms with Crippen molar-refractivity contribution < 1.29 is 20.1 Å². The maximum Gasteiger partial charge on any atom is 0.161 e. The second-order valence-electron chi connectivity index (χ2n) is 7.01. The van der Waals surface area contributed by atoms with Gasteiger partial charge in [0.05, 0.1) is 18.8 Å².